The number of aromatic nitrogens is 2. The standard InChI is InChI=1S/C15H20N4O2/c1-15(2,3)21-14(20)19-12(10-7-5-4-6-8-10)11-9-17-13(16)18-11/h4-9,12H,1-3H3,(H,19,20)(H3,16,17,18). The topological polar surface area (TPSA) is 93.0 Å². The lowest BCUT2D eigenvalue weighted by Crippen LogP contribution is -2.35. The summed E-state index contributed by atoms with van der Waals surface area (Å²) in [4.78, 5) is 18.9. The lowest BCUT2D eigenvalue weighted by Gasteiger charge is -2.23. The van der Waals surface area contributed by atoms with Crippen molar-refractivity contribution in [1.29, 1.82) is 0 Å². The van der Waals surface area contributed by atoms with Crippen molar-refractivity contribution in [1.82, 2.24) is 15.3 Å². The third-order valence-electron chi connectivity index (χ3n) is 2.72. The normalized spacial score (nSPS) is 12.7. The van der Waals surface area contributed by atoms with E-state index < -0.39 is 17.7 Å². The third-order valence-corrected chi connectivity index (χ3v) is 2.72. The largest absolute Gasteiger partial charge is 0.444 e. The van der Waals surface area contributed by atoms with Crippen LogP contribution in [0.15, 0.2) is 36.5 Å². The zero-order valence-electron chi connectivity index (χ0n) is 12.4. The Kier molecular flexibility index (Phi) is 4.16. The van der Waals surface area contributed by atoms with Crippen molar-refractivity contribution in [2.45, 2.75) is 32.4 Å². The van der Waals surface area contributed by atoms with E-state index in [0.717, 1.165) is 5.56 Å². The second-order valence-corrected chi connectivity index (χ2v) is 5.71. The Morgan fingerprint density at radius 1 is 1.33 bits per heavy atom. The number of nitrogen functional groups attached to an aromatic ring is 1. The number of carbonyl (C=O) groups excluding carboxylic acids is 1. The lowest BCUT2D eigenvalue weighted by molar-refractivity contribution is 0.0511. The van der Waals surface area contributed by atoms with Gasteiger partial charge in [0.05, 0.1) is 17.9 Å². The van der Waals surface area contributed by atoms with E-state index in [1.807, 2.05) is 51.1 Å². The fourth-order valence-electron chi connectivity index (χ4n) is 1.91. The van der Waals surface area contributed by atoms with Crippen LogP contribution in [0.5, 0.6) is 0 Å². The zero-order valence-corrected chi connectivity index (χ0v) is 12.4. The minimum absolute atomic E-state index is 0.303. The Balaban J connectivity index is 2.23. The smallest absolute Gasteiger partial charge is 0.408 e. The molecule has 0 saturated carbocycles. The van der Waals surface area contributed by atoms with E-state index >= 15 is 0 Å². The number of amides is 1. The zero-order chi connectivity index (χ0) is 15.5. The monoisotopic (exact) mass is 288 g/mol. The van der Waals surface area contributed by atoms with Gasteiger partial charge in [0.2, 0.25) is 0 Å². The SMILES string of the molecule is CC(C)(C)OC(=O)NC(c1ccccc1)c1cnc(N)[nH]1. The molecule has 0 radical (unpaired) electrons. The predicted octanol–water partition coefficient (Wildman–Crippen LogP) is 2.61. The number of nitrogens with one attached hydrogen (secondary N) is 2. The number of anilines is 1. The molecule has 1 amide bonds. The first kappa shape index (κ1) is 14.9. The number of ether oxygens (including phenoxy) is 1. The van der Waals surface area contributed by atoms with Gasteiger partial charge in [-0.25, -0.2) is 9.78 Å². The number of H-pyrrole nitrogens is 1. The quantitative estimate of drug-likeness (QED) is 0.809. The number of rotatable bonds is 3. The summed E-state index contributed by atoms with van der Waals surface area (Å²) in [7, 11) is 0. The molecule has 0 saturated heterocycles. The number of nitrogens with two attached hydrogens (primary N) is 1. The van der Waals surface area contributed by atoms with Crippen LogP contribution in [0, 0.1) is 0 Å². The van der Waals surface area contributed by atoms with E-state index in [1.54, 1.807) is 6.20 Å². The molecule has 21 heavy (non-hydrogen) atoms. The molecule has 0 bridgehead atoms. The molecule has 6 heteroatoms. The van der Waals surface area contributed by atoms with E-state index in [4.69, 9.17) is 10.5 Å². The van der Waals surface area contributed by atoms with E-state index in [0.29, 0.717) is 11.6 Å². The Morgan fingerprint density at radius 3 is 2.52 bits per heavy atom. The third kappa shape index (κ3) is 4.24. The van der Waals surface area contributed by atoms with Crippen LogP contribution in [-0.2, 0) is 4.74 Å². The molecule has 4 N–H and O–H groups in total. The second-order valence-electron chi connectivity index (χ2n) is 5.71. The van der Waals surface area contributed by atoms with Crippen molar-refractivity contribution in [2.75, 3.05) is 5.73 Å². The van der Waals surface area contributed by atoms with Crippen molar-refractivity contribution < 1.29 is 9.53 Å². The first-order valence-corrected chi connectivity index (χ1v) is 6.70. The average molecular weight is 288 g/mol. The molecule has 1 unspecified atom stereocenters. The first-order valence-electron chi connectivity index (χ1n) is 6.70. The molecule has 0 aliphatic heterocycles. The van der Waals surface area contributed by atoms with Crippen LogP contribution >= 0.6 is 0 Å². The average Bonchev–Trinajstić information content (AvgIpc) is 2.81. The molecule has 0 spiro atoms. The number of nitrogens with zero attached hydrogens (tertiary/aromatic N) is 1. The summed E-state index contributed by atoms with van der Waals surface area (Å²) in [6.07, 6.45) is 1.11. The fourth-order valence-corrected chi connectivity index (χ4v) is 1.91. The summed E-state index contributed by atoms with van der Waals surface area (Å²) in [6.45, 7) is 5.45. The number of hydrogen-bond donors (Lipinski definition) is 3. The molecular formula is C15H20N4O2. The highest BCUT2D eigenvalue weighted by molar-refractivity contribution is 5.69. The highest BCUT2D eigenvalue weighted by atomic mass is 16.6. The molecule has 2 rings (SSSR count). The molecule has 0 aliphatic rings. The summed E-state index contributed by atoms with van der Waals surface area (Å²) in [6, 6.07) is 9.15. The van der Waals surface area contributed by atoms with Gasteiger partial charge in [0.1, 0.15) is 5.60 Å². The number of benzene rings is 1. The second kappa shape index (κ2) is 5.87. The van der Waals surface area contributed by atoms with Crippen LogP contribution in [0.3, 0.4) is 0 Å². The van der Waals surface area contributed by atoms with Gasteiger partial charge in [-0.05, 0) is 26.3 Å². The number of hydrogen-bond acceptors (Lipinski definition) is 4. The van der Waals surface area contributed by atoms with Gasteiger partial charge in [-0.2, -0.15) is 0 Å². The van der Waals surface area contributed by atoms with E-state index in [9.17, 15) is 4.79 Å². The van der Waals surface area contributed by atoms with Gasteiger partial charge >= 0.3 is 6.09 Å². The molecule has 1 heterocycles. The lowest BCUT2D eigenvalue weighted by atomic mass is 10.0. The molecular weight excluding hydrogens is 268 g/mol. The summed E-state index contributed by atoms with van der Waals surface area (Å²) >= 11 is 0. The van der Waals surface area contributed by atoms with Crippen LogP contribution in [0.1, 0.15) is 38.1 Å². The van der Waals surface area contributed by atoms with E-state index in [-0.39, 0.29) is 0 Å². The molecule has 1 aromatic carbocycles. The van der Waals surface area contributed by atoms with Gasteiger partial charge < -0.3 is 20.8 Å². The maximum absolute atomic E-state index is 12.0. The summed E-state index contributed by atoms with van der Waals surface area (Å²) in [5.74, 6) is 0.303. The molecule has 0 aliphatic carbocycles. The predicted molar refractivity (Wildman–Crippen MR) is 80.7 cm³/mol. The molecule has 112 valence electrons. The van der Waals surface area contributed by atoms with Crippen molar-refractivity contribution in [3.8, 4) is 0 Å². The van der Waals surface area contributed by atoms with Crippen LogP contribution < -0.4 is 11.1 Å². The minimum atomic E-state index is -0.557. The summed E-state index contributed by atoms with van der Waals surface area (Å²) in [5, 5.41) is 2.83. The van der Waals surface area contributed by atoms with Crippen LogP contribution in [0.4, 0.5) is 10.7 Å². The van der Waals surface area contributed by atoms with Crippen molar-refractivity contribution in [2.24, 2.45) is 0 Å². The number of imidazole rings is 1. The van der Waals surface area contributed by atoms with Gasteiger partial charge in [0, 0.05) is 0 Å². The van der Waals surface area contributed by atoms with Crippen LogP contribution in [0.25, 0.3) is 0 Å². The van der Waals surface area contributed by atoms with E-state index in [1.165, 1.54) is 0 Å². The number of carbonyl (C=O) groups is 1. The highest BCUT2D eigenvalue weighted by Crippen LogP contribution is 2.21. The first-order chi connectivity index (χ1) is 9.85. The summed E-state index contributed by atoms with van der Waals surface area (Å²) < 4.78 is 5.30. The molecule has 0 fully saturated rings. The molecule has 2 aromatic rings. The Hall–Kier alpha value is -2.50. The minimum Gasteiger partial charge on any atom is -0.444 e. The van der Waals surface area contributed by atoms with Crippen LogP contribution in [-0.4, -0.2) is 21.7 Å². The van der Waals surface area contributed by atoms with Gasteiger partial charge in [-0.3, -0.25) is 0 Å². The Labute approximate surface area is 123 Å². The maximum atomic E-state index is 12.0. The molecule has 1 aromatic heterocycles. The molecule has 1 atom stereocenters. The van der Waals surface area contributed by atoms with Crippen molar-refractivity contribution >= 4 is 12.0 Å². The van der Waals surface area contributed by atoms with Gasteiger partial charge in [-0.15, -0.1) is 0 Å². The highest BCUT2D eigenvalue weighted by Gasteiger charge is 2.22. The fraction of sp³-hybridized carbons (Fsp3) is 0.333. The Bertz CT molecular complexity index is 602. The van der Waals surface area contributed by atoms with Crippen LogP contribution in [0.2, 0.25) is 0 Å². The van der Waals surface area contributed by atoms with Gasteiger partial charge in [0.15, 0.2) is 5.95 Å². The van der Waals surface area contributed by atoms with Crippen molar-refractivity contribution in [3.63, 3.8) is 0 Å². The Morgan fingerprint density at radius 2 is 2.00 bits per heavy atom. The maximum Gasteiger partial charge on any atom is 0.408 e. The number of alkyl carbamates (subject to hydrolysis) is 1. The number of aromatic amines is 1. The van der Waals surface area contributed by atoms with Gasteiger partial charge in [-0.1, -0.05) is 30.3 Å². The molecule has 6 nitrogen and oxygen atoms in total. The van der Waals surface area contributed by atoms with Crippen molar-refractivity contribution in [3.05, 3.63) is 47.8 Å². The van der Waals surface area contributed by atoms with E-state index in [2.05, 4.69) is 15.3 Å². The van der Waals surface area contributed by atoms with Gasteiger partial charge in [0.25, 0.3) is 0 Å². The summed E-state index contributed by atoms with van der Waals surface area (Å²) in [5.41, 5.74) is 6.67.